The van der Waals surface area contributed by atoms with Crippen molar-refractivity contribution in [3.05, 3.63) is 71.5 Å². The van der Waals surface area contributed by atoms with E-state index >= 15 is 0 Å². The molecule has 0 unspecified atom stereocenters. The number of methoxy groups -OCH3 is 1. The zero-order valence-corrected chi connectivity index (χ0v) is 16.1. The summed E-state index contributed by atoms with van der Waals surface area (Å²) in [5.41, 5.74) is 11.4. The summed E-state index contributed by atoms with van der Waals surface area (Å²) in [7, 11) is 3.81. The maximum Gasteiger partial charge on any atom is 0.128 e. The van der Waals surface area contributed by atoms with Gasteiger partial charge < -0.3 is 10.5 Å². The van der Waals surface area contributed by atoms with E-state index in [0.29, 0.717) is 5.82 Å². The summed E-state index contributed by atoms with van der Waals surface area (Å²) < 4.78 is 5.67. The van der Waals surface area contributed by atoms with Gasteiger partial charge >= 0.3 is 0 Å². The first-order valence-electron chi connectivity index (χ1n) is 9.10. The van der Waals surface area contributed by atoms with Crippen molar-refractivity contribution >= 4 is 5.82 Å². The molecule has 0 fully saturated rings. The van der Waals surface area contributed by atoms with Crippen molar-refractivity contribution in [2.75, 3.05) is 19.9 Å². The zero-order chi connectivity index (χ0) is 19.2. The van der Waals surface area contributed by atoms with Crippen LogP contribution in [-0.4, -0.2) is 29.0 Å². The number of rotatable bonds is 7. The van der Waals surface area contributed by atoms with Crippen LogP contribution >= 0.6 is 0 Å². The van der Waals surface area contributed by atoms with Crippen molar-refractivity contribution in [1.82, 2.24) is 14.9 Å². The van der Waals surface area contributed by atoms with Gasteiger partial charge in [0.25, 0.3) is 0 Å². The summed E-state index contributed by atoms with van der Waals surface area (Å²) in [6.07, 6.45) is 4.65. The van der Waals surface area contributed by atoms with Crippen LogP contribution in [0.2, 0.25) is 0 Å². The van der Waals surface area contributed by atoms with Crippen LogP contribution < -0.4 is 10.5 Å². The summed E-state index contributed by atoms with van der Waals surface area (Å²) in [5, 5.41) is 0. The number of aryl methyl sites for hydroxylation is 1. The fourth-order valence-corrected chi connectivity index (χ4v) is 3.26. The molecular weight excluding hydrogens is 336 g/mol. The average Bonchev–Trinajstić information content (AvgIpc) is 2.68. The molecule has 2 heterocycles. The minimum atomic E-state index is 0.507. The number of nitrogen functional groups attached to an aromatic ring is 1. The smallest absolute Gasteiger partial charge is 0.128 e. The van der Waals surface area contributed by atoms with Crippen LogP contribution in [0.25, 0.3) is 11.3 Å². The third-order valence-electron chi connectivity index (χ3n) is 4.56. The highest BCUT2D eigenvalue weighted by molar-refractivity contribution is 5.70. The normalized spacial score (nSPS) is 11.0. The minimum Gasteiger partial charge on any atom is -0.496 e. The number of hydrogen-bond donors (Lipinski definition) is 1. The molecule has 0 atom stereocenters. The summed E-state index contributed by atoms with van der Waals surface area (Å²) in [4.78, 5) is 10.9. The molecule has 3 aromatic rings. The molecule has 0 bridgehead atoms. The van der Waals surface area contributed by atoms with E-state index in [1.807, 2.05) is 24.4 Å². The van der Waals surface area contributed by atoms with Gasteiger partial charge in [0.1, 0.15) is 11.6 Å². The number of benzene rings is 1. The number of hydrogen-bond acceptors (Lipinski definition) is 5. The molecule has 0 saturated carbocycles. The van der Waals surface area contributed by atoms with Crippen molar-refractivity contribution in [3.8, 4) is 17.0 Å². The molecule has 3 rings (SSSR count). The molecule has 0 spiro atoms. The lowest BCUT2D eigenvalue weighted by atomic mass is 9.98. The molecule has 0 aliphatic heterocycles. The standard InChI is InChI=1S/C22H26N4O/c1-4-17-11-19(20-8-5-9-22(23)25-20)21(27-3)12-18(17)15-26(2)14-16-7-6-10-24-13-16/h5-13H,4,14-15H2,1-3H3,(H2,23,25). The number of nitrogens with two attached hydrogens (primary N) is 1. The summed E-state index contributed by atoms with van der Waals surface area (Å²) >= 11 is 0. The van der Waals surface area contributed by atoms with E-state index in [9.17, 15) is 0 Å². The quantitative estimate of drug-likeness (QED) is 0.690. The highest BCUT2D eigenvalue weighted by Crippen LogP contribution is 2.33. The van der Waals surface area contributed by atoms with Gasteiger partial charge in [0, 0.05) is 31.0 Å². The molecular formula is C22H26N4O. The second-order valence-corrected chi connectivity index (χ2v) is 6.66. The highest BCUT2D eigenvalue weighted by Gasteiger charge is 2.14. The minimum absolute atomic E-state index is 0.507. The Kier molecular flexibility index (Phi) is 6.04. The molecule has 27 heavy (non-hydrogen) atoms. The van der Waals surface area contributed by atoms with Gasteiger partial charge in [-0.05, 0) is 60.5 Å². The van der Waals surface area contributed by atoms with Crippen molar-refractivity contribution in [3.63, 3.8) is 0 Å². The predicted molar refractivity (Wildman–Crippen MR) is 109 cm³/mol. The first kappa shape index (κ1) is 18.9. The molecule has 0 radical (unpaired) electrons. The van der Waals surface area contributed by atoms with Gasteiger partial charge in [-0.15, -0.1) is 0 Å². The van der Waals surface area contributed by atoms with E-state index in [2.05, 4.69) is 47.0 Å². The number of anilines is 1. The molecule has 0 amide bonds. The van der Waals surface area contributed by atoms with Gasteiger partial charge in [-0.2, -0.15) is 0 Å². The Hall–Kier alpha value is -2.92. The third kappa shape index (κ3) is 4.63. The van der Waals surface area contributed by atoms with E-state index in [1.54, 1.807) is 19.4 Å². The van der Waals surface area contributed by atoms with Crippen molar-refractivity contribution < 1.29 is 4.74 Å². The number of nitrogens with zero attached hydrogens (tertiary/aromatic N) is 3. The van der Waals surface area contributed by atoms with E-state index in [0.717, 1.165) is 36.5 Å². The molecule has 5 nitrogen and oxygen atoms in total. The Labute approximate surface area is 160 Å². The number of aromatic nitrogens is 2. The predicted octanol–water partition coefficient (Wildman–Crippen LogP) is 3.93. The lowest BCUT2D eigenvalue weighted by Gasteiger charge is -2.20. The van der Waals surface area contributed by atoms with Crippen LogP contribution in [0.3, 0.4) is 0 Å². The maximum atomic E-state index is 5.86. The van der Waals surface area contributed by atoms with Crippen LogP contribution in [0.4, 0.5) is 5.82 Å². The molecule has 140 valence electrons. The first-order chi connectivity index (χ1) is 13.1. The van der Waals surface area contributed by atoms with Crippen molar-refractivity contribution in [2.24, 2.45) is 0 Å². The number of ether oxygens (including phenoxy) is 1. The van der Waals surface area contributed by atoms with Gasteiger partial charge in [-0.3, -0.25) is 9.88 Å². The Balaban J connectivity index is 1.89. The maximum absolute atomic E-state index is 5.86. The summed E-state index contributed by atoms with van der Waals surface area (Å²) in [5.74, 6) is 1.32. The van der Waals surface area contributed by atoms with Crippen LogP contribution in [-0.2, 0) is 19.5 Å². The van der Waals surface area contributed by atoms with Crippen LogP contribution in [0.15, 0.2) is 54.9 Å². The van der Waals surface area contributed by atoms with Gasteiger partial charge in [0.2, 0.25) is 0 Å². The van der Waals surface area contributed by atoms with E-state index < -0.39 is 0 Å². The Morgan fingerprint density at radius 1 is 1.07 bits per heavy atom. The van der Waals surface area contributed by atoms with E-state index in [1.165, 1.54) is 16.7 Å². The third-order valence-corrected chi connectivity index (χ3v) is 4.56. The lowest BCUT2D eigenvalue weighted by Crippen LogP contribution is -2.18. The molecule has 0 saturated heterocycles. The highest BCUT2D eigenvalue weighted by atomic mass is 16.5. The molecule has 5 heteroatoms. The van der Waals surface area contributed by atoms with Crippen LogP contribution in [0.1, 0.15) is 23.6 Å². The van der Waals surface area contributed by atoms with Gasteiger partial charge in [-0.1, -0.05) is 19.1 Å². The number of pyridine rings is 2. The fourth-order valence-electron chi connectivity index (χ4n) is 3.26. The van der Waals surface area contributed by atoms with Crippen LogP contribution in [0.5, 0.6) is 5.75 Å². The van der Waals surface area contributed by atoms with Crippen LogP contribution in [0, 0.1) is 0 Å². The van der Waals surface area contributed by atoms with Gasteiger partial charge in [0.05, 0.1) is 12.8 Å². The fraction of sp³-hybridized carbons (Fsp3) is 0.273. The molecule has 0 aliphatic carbocycles. The second kappa shape index (κ2) is 8.64. The van der Waals surface area contributed by atoms with Gasteiger partial charge in [-0.25, -0.2) is 4.98 Å². The van der Waals surface area contributed by atoms with Crippen molar-refractivity contribution in [2.45, 2.75) is 26.4 Å². The topological polar surface area (TPSA) is 64.3 Å². The largest absolute Gasteiger partial charge is 0.496 e. The molecule has 1 aromatic carbocycles. The summed E-state index contributed by atoms with van der Waals surface area (Å²) in [6, 6.07) is 14.0. The first-order valence-corrected chi connectivity index (χ1v) is 9.10. The Morgan fingerprint density at radius 2 is 1.93 bits per heavy atom. The zero-order valence-electron chi connectivity index (χ0n) is 16.1. The summed E-state index contributed by atoms with van der Waals surface area (Å²) in [6.45, 7) is 3.85. The Bertz CT molecular complexity index is 896. The van der Waals surface area contributed by atoms with E-state index in [4.69, 9.17) is 10.5 Å². The van der Waals surface area contributed by atoms with Gasteiger partial charge in [0.15, 0.2) is 0 Å². The monoisotopic (exact) mass is 362 g/mol. The SMILES string of the molecule is CCc1cc(-c2cccc(N)n2)c(OC)cc1CN(C)Cc1cccnc1. The Morgan fingerprint density at radius 3 is 2.59 bits per heavy atom. The van der Waals surface area contributed by atoms with E-state index in [-0.39, 0.29) is 0 Å². The average molecular weight is 362 g/mol. The molecule has 2 aromatic heterocycles. The molecule has 0 aliphatic rings. The lowest BCUT2D eigenvalue weighted by molar-refractivity contribution is 0.317. The molecule has 2 N–H and O–H groups in total. The van der Waals surface area contributed by atoms with Crippen molar-refractivity contribution in [1.29, 1.82) is 0 Å². The second-order valence-electron chi connectivity index (χ2n) is 6.66.